The van der Waals surface area contributed by atoms with E-state index in [2.05, 4.69) is 22.3 Å². The van der Waals surface area contributed by atoms with E-state index in [-0.39, 0.29) is 5.91 Å². The minimum atomic E-state index is 0.00886. The molecule has 1 aliphatic rings. The molecule has 1 aliphatic heterocycles. The number of carbonyl (C=O) groups is 1. The van der Waals surface area contributed by atoms with E-state index in [4.69, 9.17) is 10.5 Å². The van der Waals surface area contributed by atoms with Gasteiger partial charge in [-0.3, -0.25) is 9.69 Å². The van der Waals surface area contributed by atoms with Crippen molar-refractivity contribution in [2.24, 2.45) is 5.73 Å². The van der Waals surface area contributed by atoms with Crippen molar-refractivity contribution in [1.82, 2.24) is 10.2 Å². The molecule has 128 valence electrons. The summed E-state index contributed by atoms with van der Waals surface area (Å²) in [7, 11) is 0. The van der Waals surface area contributed by atoms with E-state index >= 15 is 0 Å². The van der Waals surface area contributed by atoms with Gasteiger partial charge in [0, 0.05) is 26.1 Å². The Bertz CT molecular complexity index is 456. The Balaban J connectivity index is 1.61. The molecule has 3 N–H and O–H groups in total. The number of amides is 1. The minimum Gasteiger partial charge on any atom is -0.494 e. The fourth-order valence-electron chi connectivity index (χ4n) is 2.78. The summed E-state index contributed by atoms with van der Waals surface area (Å²) in [4.78, 5) is 13.8. The van der Waals surface area contributed by atoms with Crippen molar-refractivity contribution >= 4 is 5.91 Å². The first kappa shape index (κ1) is 17.8. The molecule has 0 atom stereocenters. The number of ether oxygens (including phenoxy) is 1. The largest absolute Gasteiger partial charge is 0.494 e. The van der Waals surface area contributed by atoms with Gasteiger partial charge in [-0.15, -0.1) is 0 Å². The van der Waals surface area contributed by atoms with E-state index in [0.29, 0.717) is 26.1 Å². The van der Waals surface area contributed by atoms with Crippen molar-refractivity contribution in [1.29, 1.82) is 0 Å². The molecule has 1 saturated heterocycles. The molecule has 0 bridgehead atoms. The number of nitrogens with two attached hydrogens (primary N) is 1. The van der Waals surface area contributed by atoms with E-state index in [0.717, 1.165) is 18.7 Å². The molecule has 0 aliphatic carbocycles. The van der Waals surface area contributed by atoms with Crippen molar-refractivity contribution < 1.29 is 9.53 Å². The number of nitrogens with zero attached hydrogens (tertiary/aromatic N) is 1. The lowest BCUT2D eigenvalue weighted by molar-refractivity contribution is -0.120. The highest BCUT2D eigenvalue weighted by Gasteiger charge is 2.10. The van der Waals surface area contributed by atoms with E-state index < -0.39 is 0 Å². The third-order valence-corrected chi connectivity index (χ3v) is 4.06. The Kier molecular flexibility index (Phi) is 7.90. The van der Waals surface area contributed by atoms with Crippen LogP contribution < -0.4 is 15.8 Å². The smallest absolute Gasteiger partial charge is 0.221 e. The predicted octanol–water partition coefficient (Wildman–Crippen LogP) is 1.91. The molecule has 23 heavy (non-hydrogen) atoms. The van der Waals surface area contributed by atoms with E-state index in [1.54, 1.807) is 0 Å². The zero-order valence-corrected chi connectivity index (χ0v) is 13.9. The zero-order chi connectivity index (χ0) is 16.3. The number of carbonyl (C=O) groups excluding carboxylic acids is 1. The molecule has 1 heterocycles. The molecule has 1 amide bonds. The lowest BCUT2D eigenvalue weighted by Crippen LogP contribution is -2.29. The van der Waals surface area contributed by atoms with Crippen LogP contribution in [0.4, 0.5) is 0 Å². The lowest BCUT2D eigenvalue weighted by atomic mass is 10.1. The van der Waals surface area contributed by atoms with Gasteiger partial charge in [0.2, 0.25) is 5.91 Å². The average molecular weight is 319 g/mol. The van der Waals surface area contributed by atoms with Gasteiger partial charge in [0.25, 0.3) is 0 Å². The number of benzene rings is 1. The van der Waals surface area contributed by atoms with Crippen molar-refractivity contribution in [3.63, 3.8) is 0 Å². The van der Waals surface area contributed by atoms with Crippen molar-refractivity contribution in [3.8, 4) is 5.75 Å². The van der Waals surface area contributed by atoms with Crippen molar-refractivity contribution in [2.45, 2.75) is 38.6 Å². The maximum Gasteiger partial charge on any atom is 0.221 e. The highest BCUT2D eigenvalue weighted by molar-refractivity contribution is 5.75. The predicted molar refractivity (Wildman–Crippen MR) is 92.4 cm³/mol. The molecule has 5 heteroatoms. The van der Waals surface area contributed by atoms with Crippen LogP contribution in [0.15, 0.2) is 24.3 Å². The normalized spacial score (nSPS) is 15.3. The van der Waals surface area contributed by atoms with Gasteiger partial charge >= 0.3 is 0 Å². The Labute approximate surface area is 139 Å². The quantitative estimate of drug-likeness (QED) is 0.682. The molecule has 2 rings (SSSR count). The highest BCUT2D eigenvalue weighted by atomic mass is 16.5. The number of hydrogen-bond acceptors (Lipinski definition) is 4. The summed E-state index contributed by atoms with van der Waals surface area (Å²) in [6.45, 7) is 5.10. The van der Waals surface area contributed by atoms with Gasteiger partial charge in [0.15, 0.2) is 0 Å². The summed E-state index contributed by atoms with van der Waals surface area (Å²) in [6, 6.07) is 8.36. The molecule has 0 unspecified atom stereocenters. The first-order valence-electron chi connectivity index (χ1n) is 8.69. The number of rotatable bonds is 9. The fourth-order valence-corrected chi connectivity index (χ4v) is 2.78. The summed E-state index contributed by atoms with van der Waals surface area (Å²) in [5.74, 6) is 0.898. The van der Waals surface area contributed by atoms with Gasteiger partial charge in [0.1, 0.15) is 5.75 Å². The summed E-state index contributed by atoms with van der Waals surface area (Å²) >= 11 is 0. The maximum atomic E-state index is 11.2. The monoisotopic (exact) mass is 319 g/mol. The molecule has 1 aromatic carbocycles. The summed E-state index contributed by atoms with van der Waals surface area (Å²) in [5.41, 5.74) is 6.66. The molecular weight excluding hydrogens is 290 g/mol. The van der Waals surface area contributed by atoms with Crippen LogP contribution in [0.1, 0.15) is 37.7 Å². The Morgan fingerprint density at radius 2 is 1.91 bits per heavy atom. The van der Waals surface area contributed by atoms with E-state index in [1.165, 1.54) is 37.9 Å². The third-order valence-electron chi connectivity index (χ3n) is 4.06. The molecule has 0 aromatic heterocycles. The average Bonchev–Trinajstić information content (AvgIpc) is 2.57. The SMILES string of the molecule is NCCC(=O)NCCCOc1ccc(CN2CCCCC2)cc1. The standard InChI is InChI=1S/C18H29N3O2/c19-10-9-18(22)20-11-4-14-23-17-7-5-16(6-8-17)15-21-12-2-1-3-13-21/h5-8H,1-4,9-15,19H2,(H,20,22). The second-order valence-electron chi connectivity index (χ2n) is 6.07. The Morgan fingerprint density at radius 1 is 1.17 bits per heavy atom. The fraction of sp³-hybridized carbons (Fsp3) is 0.611. The van der Waals surface area contributed by atoms with Crippen molar-refractivity contribution in [2.75, 3.05) is 32.8 Å². The summed E-state index contributed by atoms with van der Waals surface area (Å²) < 4.78 is 5.70. The van der Waals surface area contributed by atoms with E-state index in [1.807, 2.05) is 12.1 Å². The zero-order valence-electron chi connectivity index (χ0n) is 13.9. The summed E-state index contributed by atoms with van der Waals surface area (Å²) in [6.07, 6.45) is 5.20. The second-order valence-corrected chi connectivity index (χ2v) is 6.07. The first-order valence-corrected chi connectivity index (χ1v) is 8.69. The molecular formula is C18H29N3O2. The number of nitrogens with one attached hydrogen (secondary N) is 1. The van der Waals surface area contributed by atoms with Crippen LogP contribution >= 0.6 is 0 Å². The molecule has 5 nitrogen and oxygen atoms in total. The van der Waals surface area contributed by atoms with Crippen LogP contribution in [0.25, 0.3) is 0 Å². The Morgan fingerprint density at radius 3 is 2.61 bits per heavy atom. The van der Waals surface area contributed by atoms with Crippen LogP contribution in [-0.2, 0) is 11.3 Å². The van der Waals surface area contributed by atoms with Crippen LogP contribution in [0.2, 0.25) is 0 Å². The molecule has 0 spiro atoms. The van der Waals surface area contributed by atoms with Gasteiger partial charge in [-0.1, -0.05) is 18.6 Å². The van der Waals surface area contributed by atoms with Crippen LogP contribution in [-0.4, -0.2) is 43.6 Å². The molecule has 0 saturated carbocycles. The third kappa shape index (κ3) is 7.01. The lowest BCUT2D eigenvalue weighted by Gasteiger charge is -2.26. The van der Waals surface area contributed by atoms with Gasteiger partial charge in [-0.05, 0) is 50.0 Å². The minimum absolute atomic E-state index is 0.00886. The molecule has 1 fully saturated rings. The molecule has 0 radical (unpaired) electrons. The van der Waals surface area contributed by atoms with Crippen LogP contribution in [0.3, 0.4) is 0 Å². The first-order chi connectivity index (χ1) is 11.3. The Hall–Kier alpha value is -1.59. The maximum absolute atomic E-state index is 11.2. The number of piperidine rings is 1. The topological polar surface area (TPSA) is 67.6 Å². The number of likely N-dealkylation sites (tertiary alicyclic amines) is 1. The highest BCUT2D eigenvalue weighted by Crippen LogP contribution is 2.16. The van der Waals surface area contributed by atoms with Gasteiger partial charge < -0.3 is 15.8 Å². The van der Waals surface area contributed by atoms with Crippen LogP contribution in [0, 0.1) is 0 Å². The second kappa shape index (κ2) is 10.2. The van der Waals surface area contributed by atoms with Gasteiger partial charge in [-0.25, -0.2) is 0 Å². The summed E-state index contributed by atoms with van der Waals surface area (Å²) in [5, 5.41) is 2.82. The molecule has 1 aromatic rings. The van der Waals surface area contributed by atoms with Crippen molar-refractivity contribution in [3.05, 3.63) is 29.8 Å². The van der Waals surface area contributed by atoms with Crippen LogP contribution in [0.5, 0.6) is 5.75 Å². The van der Waals surface area contributed by atoms with E-state index in [9.17, 15) is 4.79 Å². The van der Waals surface area contributed by atoms with Gasteiger partial charge in [0.05, 0.1) is 6.61 Å². The van der Waals surface area contributed by atoms with Gasteiger partial charge in [-0.2, -0.15) is 0 Å². The number of hydrogen-bond donors (Lipinski definition) is 2.